The minimum absolute atomic E-state index is 0.475. The Hall–Kier alpha value is -1.45. The number of fused-ring (bicyclic) bond motifs is 1. The van der Waals surface area contributed by atoms with Crippen LogP contribution in [0.25, 0.3) is 10.8 Å². The number of hydrogen-bond acceptors (Lipinski definition) is 4. The lowest BCUT2D eigenvalue weighted by Crippen LogP contribution is -2.21. The first-order valence-electron chi connectivity index (χ1n) is 7.45. The molecule has 1 N–H and O–H groups in total. The maximum Gasteiger partial charge on any atom is 0.485 e. The summed E-state index contributed by atoms with van der Waals surface area (Å²) in [5, 5.41) is 12.5. The molecule has 25 heavy (non-hydrogen) atoms. The summed E-state index contributed by atoms with van der Waals surface area (Å²) in [5.41, 5.74) is -4.49. The van der Waals surface area contributed by atoms with Crippen molar-refractivity contribution in [3.63, 3.8) is 0 Å². The van der Waals surface area contributed by atoms with E-state index in [4.69, 9.17) is 13.0 Å². The summed E-state index contributed by atoms with van der Waals surface area (Å²) in [5.74, 6) is 4.24. The van der Waals surface area contributed by atoms with Gasteiger partial charge in [-0.3, -0.25) is 0 Å². The van der Waals surface area contributed by atoms with Crippen LogP contribution in [0, 0.1) is 0 Å². The Labute approximate surface area is 146 Å². The Morgan fingerprint density at radius 2 is 1.64 bits per heavy atom. The van der Waals surface area contributed by atoms with Gasteiger partial charge in [0.15, 0.2) is 10.1 Å². The van der Waals surface area contributed by atoms with Gasteiger partial charge in [0.05, 0.1) is 5.56 Å². The molecule has 0 unspecified atom stereocenters. The van der Waals surface area contributed by atoms with E-state index in [0.717, 1.165) is 11.3 Å². The Morgan fingerprint density at radius 3 is 2.20 bits per heavy atom. The van der Waals surface area contributed by atoms with Crippen LogP contribution >= 0.6 is 0 Å². The summed E-state index contributed by atoms with van der Waals surface area (Å²) in [6, 6.07) is 12.2. The average Bonchev–Trinajstić information content (AvgIpc) is 3.02. The number of phenols is 1. The van der Waals surface area contributed by atoms with Gasteiger partial charge >= 0.3 is 5.51 Å². The van der Waals surface area contributed by atoms with E-state index in [1.54, 1.807) is 0 Å². The standard InChI is InChI=1S/C15H16OS.CHF3O3S/c16-15-8-7-12-5-1-2-6-13(12)14(15)11-17-9-3-4-10-17;2-1(3,4)8(5,6)7/h1-2,5-8H,3-4,9-11H2;(H,5,6,7). The molecule has 138 valence electrons. The predicted molar refractivity (Wildman–Crippen MR) is 91.4 cm³/mol. The first-order chi connectivity index (χ1) is 11.6. The van der Waals surface area contributed by atoms with Crippen molar-refractivity contribution in [3.05, 3.63) is 42.0 Å². The topological polar surface area (TPSA) is 77.4 Å². The highest BCUT2D eigenvalue weighted by molar-refractivity contribution is 7.96. The minimum atomic E-state index is -6.09. The van der Waals surface area contributed by atoms with E-state index in [0.29, 0.717) is 16.6 Å². The fourth-order valence-corrected chi connectivity index (χ4v) is 4.97. The van der Waals surface area contributed by atoms with Crippen LogP contribution in [0.1, 0.15) is 18.4 Å². The Morgan fingerprint density at radius 1 is 1.08 bits per heavy atom. The lowest BCUT2D eigenvalue weighted by Gasteiger charge is -2.08. The molecule has 2 aromatic rings. The molecule has 0 amide bonds. The smallest absolute Gasteiger partial charge is 0.485 e. The highest BCUT2D eigenvalue weighted by Gasteiger charge is 2.36. The van der Waals surface area contributed by atoms with Crippen molar-refractivity contribution in [2.24, 2.45) is 0 Å². The first kappa shape index (κ1) is 19.9. The molecule has 0 bridgehead atoms. The van der Waals surface area contributed by atoms with Crippen LogP contribution in [0.15, 0.2) is 36.4 Å². The average molecular weight is 394 g/mol. The van der Waals surface area contributed by atoms with Gasteiger partial charge in [-0.25, -0.2) is 8.42 Å². The highest BCUT2D eigenvalue weighted by atomic mass is 32.2. The van der Waals surface area contributed by atoms with Gasteiger partial charge in [0.1, 0.15) is 23.0 Å². The molecule has 0 aromatic heterocycles. The monoisotopic (exact) mass is 394 g/mol. The molecule has 1 saturated heterocycles. The van der Waals surface area contributed by atoms with Crippen molar-refractivity contribution >= 4 is 31.8 Å². The molecular formula is C16H17F3O4S2. The molecule has 4 nitrogen and oxygen atoms in total. The fraction of sp³-hybridized carbons (Fsp3) is 0.375. The van der Waals surface area contributed by atoms with Gasteiger partial charge in [-0.1, -0.05) is 30.3 Å². The van der Waals surface area contributed by atoms with E-state index in [1.807, 2.05) is 12.1 Å². The van der Waals surface area contributed by atoms with Crippen LogP contribution in [-0.4, -0.2) is 35.1 Å². The third-order valence-electron chi connectivity index (χ3n) is 3.76. The molecule has 0 spiro atoms. The molecule has 3 rings (SSSR count). The summed E-state index contributed by atoms with van der Waals surface area (Å²) >= 11 is 0. The van der Waals surface area contributed by atoms with Crippen molar-refractivity contribution in [1.29, 1.82) is 0 Å². The third kappa shape index (κ3) is 5.26. The Bertz CT molecular complexity index is 829. The van der Waals surface area contributed by atoms with E-state index in [1.165, 1.54) is 35.1 Å². The summed E-state index contributed by atoms with van der Waals surface area (Å²) in [6.45, 7) is 0. The summed E-state index contributed by atoms with van der Waals surface area (Å²) in [6.07, 6.45) is 2.74. The van der Waals surface area contributed by atoms with Crippen LogP contribution in [0.5, 0.6) is 5.75 Å². The largest absolute Gasteiger partial charge is 0.741 e. The number of phenolic OH excluding ortho intramolecular Hbond substituents is 1. The lowest BCUT2D eigenvalue weighted by molar-refractivity contribution is -0.0517. The van der Waals surface area contributed by atoms with Crippen molar-refractivity contribution in [3.8, 4) is 5.75 Å². The van der Waals surface area contributed by atoms with Crippen molar-refractivity contribution in [2.45, 2.75) is 24.1 Å². The van der Waals surface area contributed by atoms with Gasteiger partial charge in [-0.15, -0.1) is 0 Å². The van der Waals surface area contributed by atoms with E-state index in [2.05, 4.69) is 24.3 Å². The van der Waals surface area contributed by atoms with Gasteiger partial charge in [-0.2, -0.15) is 13.2 Å². The fourth-order valence-electron chi connectivity index (χ4n) is 2.54. The van der Waals surface area contributed by atoms with E-state index in [9.17, 15) is 18.3 Å². The van der Waals surface area contributed by atoms with Crippen molar-refractivity contribution < 1.29 is 31.2 Å². The van der Waals surface area contributed by atoms with Gasteiger partial charge in [-0.05, 0) is 40.6 Å². The van der Waals surface area contributed by atoms with Crippen LogP contribution in [0.2, 0.25) is 0 Å². The quantitative estimate of drug-likeness (QED) is 0.480. The molecule has 1 fully saturated rings. The number of alkyl halides is 3. The third-order valence-corrected chi connectivity index (χ3v) is 6.76. The maximum absolute atomic E-state index is 10.7. The second kappa shape index (κ2) is 7.84. The molecule has 2 aromatic carbocycles. The zero-order valence-electron chi connectivity index (χ0n) is 13.1. The zero-order valence-corrected chi connectivity index (χ0v) is 14.8. The second-order valence-corrected chi connectivity index (χ2v) is 9.26. The summed E-state index contributed by atoms with van der Waals surface area (Å²) in [4.78, 5) is 0. The van der Waals surface area contributed by atoms with Crippen molar-refractivity contribution in [2.75, 3.05) is 11.5 Å². The van der Waals surface area contributed by atoms with Gasteiger partial charge in [0.25, 0.3) is 0 Å². The van der Waals surface area contributed by atoms with Crippen LogP contribution in [-0.2, 0) is 26.8 Å². The van der Waals surface area contributed by atoms with Crippen LogP contribution in [0.3, 0.4) is 0 Å². The second-order valence-electron chi connectivity index (χ2n) is 5.56. The number of benzene rings is 2. The number of aromatic hydroxyl groups is 1. The number of rotatable bonds is 2. The highest BCUT2D eigenvalue weighted by Crippen LogP contribution is 2.31. The molecule has 1 aliphatic heterocycles. The molecule has 0 radical (unpaired) electrons. The zero-order chi connectivity index (χ0) is 18.7. The lowest BCUT2D eigenvalue weighted by atomic mass is 10.0. The van der Waals surface area contributed by atoms with E-state index >= 15 is 0 Å². The molecule has 1 heterocycles. The van der Waals surface area contributed by atoms with Crippen LogP contribution < -0.4 is 0 Å². The van der Waals surface area contributed by atoms with E-state index in [-0.39, 0.29) is 0 Å². The van der Waals surface area contributed by atoms with Gasteiger partial charge in [0, 0.05) is 0 Å². The minimum Gasteiger partial charge on any atom is -0.741 e. The SMILES string of the molecule is O=S(=O)([O-])C(F)(F)F.Oc1ccc2ccccc2c1C[S+]1CCCC1. The predicted octanol–water partition coefficient (Wildman–Crippen LogP) is 3.51. The van der Waals surface area contributed by atoms with Gasteiger partial charge < -0.3 is 9.66 Å². The first-order valence-corrected chi connectivity index (χ1v) is 10.6. The van der Waals surface area contributed by atoms with E-state index < -0.39 is 15.6 Å². The number of halogens is 3. The van der Waals surface area contributed by atoms with Gasteiger partial charge in [0.2, 0.25) is 0 Å². The number of hydrogen-bond donors (Lipinski definition) is 1. The summed E-state index contributed by atoms with van der Waals surface area (Å²) in [7, 11) is -5.59. The Kier molecular flexibility index (Phi) is 6.23. The Balaban J connectivity index is 0.000000242. The maximum atomic E-state index is 10.7. The normalized spacial score (nSPS) is 15.8. The van der Waals surface area contributed by atoms with Crippen molar-refractivity contribution in [1.82, 2.24) is 0 Å². The molecule has 0 atom stereocenters. The summed E-state index contributed by atoms with van der Waals surface area (Å²) < 4.78 is 58.9. The molecular weight excluding hydrogens is 377 g/mol. The molecule has 9 heteroatoms. The molecule has 1 aliphatic rings. The molecule has 0 aliphatic carbocycles. The van der Waals surface area contributed by atoms with Crippen LogP contribution in [0.4, 0.5) is 13.2 Å². The molecule has 0 saturated carbocycles.